The molecule has 1 aromatic rings. The summed E-state index contributed by atoms with van der Waals surface area (Å²) in [6.45, 7) is 6.30. The van der Waals surface area contributed by atoms with Gasteiger partial charge < -0.3 is 9.47 Å². The second-order valence-corrected chi connectivity index (χ2v) is 5.13. The van der Waals surface area contributed by atoms with Crippen molar-refractivity contribution >= 4 is 21.9 Å². The molecule has 0 amide bonds. The Morgan fingerprint density at radius 2 is 1.82 bits per heavy atom. The van der Waals surface area contributed by atoms with E-state index in [1.54, 1.807) is 0 Å². The number of methoxy groups -OCH3 is 1. The molecule has 94 valence electrons. The number of rotatable bonds is 4. The van der Waals surface area contributed by atoms with Gasteiger partial charge >= 0.3 is 5.97 Å². The highest BCUT2D eigenvalue weighted by Crippen LogP contribution is 2.25. The largest absolute Gasteiger partial charge is 0.491 e. The van der Waals surface area contributed by atoms with Crippen LogP contribution in [0.1, 0.15) is 16.7 Å². The van der Waals surface area contributed by atoms with Gasteiger partial charge in [0.25, 0.3) is 0 Å². The highest BCUT2D eigenvalue weighted by molar-refractivity contribution is 9.10. The summed E-state index contributed by atoms with van der Waals surface area (Å²) in [6, 6.07) is 4.12. The first-order valence-electron chi connectivity index (χ1n) is 5.38. The predicted octanol–water partition coefficient (Wildman–Crippen LogP) is 2.93. The van der Waals surface area contributed by atoms with Gasteiger partial charge in [-0.3, -0.25) is 4.79 Å². The van der Waals surface area contributed by atoms with Crippen LogP contribution < -0.4 is 4.74 Å². The van der Waals surface area contributed by atoms with Gasteiger partial charge in [0.05, 0.1) is 7.11 Å². The van der Waals surface area contributed by atoms with Crippen LogP contribution in [0.3, 0.4) is 0 Å². The molecule has 0 aliphatic heterocycles. The molecule has 0 spiro atoms. The van der Waals surface area contributed by atoms with Crippen LogP contribution in [0.25, 0.3) is 0 Å². The van der Waals surface area contributed by atoms with Gasteiger partial charge in [0.2, 0.25) is 0 Å². The standard InChI is InChI=1S/C13H17BrO3/c1-8-5-9(2)12(10(3)6-8)17-7-11(14)13(15)16-4/h5-6,11H,7H2,1-4H3. The molecule has 1 aromatic carbocycles. The molecule has 0 N–H and O–H groups in total. The van der Waals surface area contributed by atoms with Crippen molar-refractivity contribution in [3.8, 4) is 5.75 Å². The molecule has 1 unspecified atom stereocenters. The third-order valence-electron chi connectivity index (χ3n) is 2.44. The van der Waals surface area contributed by atoms with E-state index < -0.39 is 4.83 Å². The zero-order valence-corrected chi connectivity index (χ0v) is 12.1. The first-order chi connectivity index (χ1) is 7.95. The quantitative estimate of drug-likeness (QED) is 0.633. The Labute approximate surface area is 110 Å². The van der Waals surface area contributed by atoms with Gasteiger partial charge in [-0.2, -0.15) is 0 Å². The van der Waals surface area contributed by atoms with Gasteiger partial charge in [-0.05, 0) is 31.9 Å². The average Bonchev–Trinajstić information content (AvgIpc) is 2.26. The van der Waals surface area contributed by atoms with Crippen LogP contribution in [0.4, 0.5) is 0 Å². The minimum atomic E-state index is -0.437. The monoisotopic (exact) mass is 300 g/mol. The molecule has 0 heterocycles. The maximum atomic E-state index is 11.2. The molecule has 0 aromatic heterocycles. The van der Waals surface area contributed by atoms with Crippen molar-refractivity contribution in [2.45, 2.75) is 25.6 Å². The van der Waals surface area contributed by atoms with Gasteiger partial charge in [0.1, 0.15) is 17.2 Å². The number of halogens is 1. The Morgan fingerprint density at radius 3 is 2.29 bits per heavy atom. The highest BCUT2D eigenvalue weighted by atomic mass is 79.9. The number of benzene rings is 1. The van der Waals surface area contributed by atoms with E-state index in [1.165, 1.54) is 12.7 Å². The summed E-state index contributed by atoms with van der Waals surface area (Å²) >= 11 is 3.22. The number of hydrogen-bond acceptors (Lipinski definition) is 3. The molecule has 0 saturated carbocycles. The fraction of sp³-hybridized carbons (Fsp3) is 0.462. The smallest absolute Gasteiger partial charge is 0.322 e. The summed E-state index contributed by atoms with van der Waals surface area (Å²) in [6.07, 6.45) is 0. The van der Waals surface area contributed by atoms with Crippen LogP contribution >= 0.6 is 15.9 Å². The van der Waals surface area contributed by atoms with E-state index in [-0.39, 0.29) is 12.6 Å². The molecule has 0 fully saturated rings. The van der Waals surface area contributed by atoms with Crippen molar-refractivity contribution < 1.29 is 14.3 Å². The SMILES string of the molecule is COC(=O)C(Br)COc1c(C)cc(C)cc1C. The van der Waals surface area contributed by atoms with E-state index in [0.717, 1.165) is 16.9 Å². The Hall–Kier alpha value is -1.03. The summed E-state index contributed by atoms with van der Waals surface area (Å²) in [4.78, 5) is 10.8. The van der Waals surface area contributed by atoms with Crippen molar-refractivity contribution in [2.24, 2.45) is 0 Å². The first kappa shape index (κ1) is 14.0. The molecule has 1 atom stereocenters. The molecule has 0 bridgehead atoms. The van der Waals surface area contributed by atoms with Crippen molar-refractivity contribution in [3.05, 3.63) is 28.8 Å². The second kappa shape index (κ2) is 6.05. The van der Waals surface area contributed by atoms with Crippen LogP contribution in [-0.2, 0) is 9.53 Å². The molecule has 0 aliphatic carbocycles. The lowest BCUT2D eigenvalue weighted by molar-refractivity contribution is -0.140. The number of aryl methyl sites for hydroxylation is 3. The van der Waals surface area contributed by atoms with Crippen LogP contribution in [-0.4, -0.2) is 24.5 Å². The Morgan fingerprint density at radius 1 is 1.29 bits per heavy atom. The average molecular weight is 301 g/mol. The van der Waals surface area contributed by atoms with E-state index in [0.29, 0.717) is 0 Å². The highest BCUT2D eigenvalue weighted by Gasteiger charge is 2.17. The van der Waals surface area contributed by atoms with E-state index in [2.05, 4.69) is 32.8 Å². The van der Waals surface area contributed by atoms with Crippen LogP contribution in [0.2, 0.25) is 0 Å². The van der Waals surface area contributed by atoms with E-state index in [9.17, 15) is 4.79 Å². The minimum Gasteiger partial charge on any atom is -0.491 e. The number of esters is 1. The first-order valence-corrected chi connectivity index (χ1v) is 6.29. The van der Waals surface area contributed by atoms with Gasteiger partial charge in [0, 0.05) is 0 Å². The topological polar surface area (TPSA) is 35.5 Å². The predicted molar refractivity (Wildman–Crippen MR) is 70.9 cm³/mol. The maximum Gasteiger partial charge on any atom is 0.322 e. The number of carbonyl (C=O) groups is 1. The summed E-state index contributed by atoms with van der Waals surface area (Å²) in [7, 11) is 1.36. The normalized spacial score (nSPS) is 12.1. The molecular formula is C13H17BrO3. The fourth-order valence-electron chi connectivity index (χ4n) is 1.75. The number of hydrogen-bond donors (Lipinski definition) is 0. The third-order valence-corrected chi connectivity index (χ3v) is 3.07. The third kappa shape index (κ3) is 3.73. The molecule has 1 rings (SSSR count). The molecule has 0 saturated heterocycles. The fourth-order valence-corrected chi connectivity index (χ4v) is 2.07. The molecule has 3 nitrogen and oxygen atoms in total. The zero-order valence-electron chi connectivity index (χ0n) is 10.5. The zero-order chi connectivity index (χ0) is 13.0. The lowest BCUT2D eigenvalue weighted by Crippen LogP contribution is -2.23. The Balaban J connectivity index is 2.73. The van der Waals surface area contributed by atoms with Crippen molar-refractivity contribution in [2.75, 3.05) is 13.7 Å². The van der Waals surface area contributed by atoms with Crippen LogP contribution in [0.5, 0.6) is 5.75 Å². The van der Waals surface area contributed by atoms with Crippen molar-refractivity contribution in [1.29, 1.82) is 0 Å². The summed E-state index contributed by atoms with van der Waals surface area (Å²) in [5.74, 6) is 0.511. The molecule has 4 heteroatoms. The molecule has 17 heavy (non-hydrogen) atoms. The van der Waals surface area contributed by atoms with Crippen molar-refractivity contribution in [1.82, 2.24) is 0 Å². The summed E-state index contributed by atoms with van der Waals surface area (Å²) in [5.41, 5.74) is 3.36. The lowest BCUT2D eigenvalue weighted by atomic mass is 10.1. The molecule has 0 radical (unpaired) electrons. The van der Waals surface area contributed by atoms with E-state index in [1.807, 2.05) is 20.8 Å². The van der Waals surface area contributed by atoms with Gasteiger partial charge in [-0.15, -0.1) is 0 Å². The number of ether oxygens (including phenoxy) is 2. The van der Waals surface area contributed by atoms with Gasteiger partial charge in [-0.25, -0.2) is 0 Å². The van der Waals surface area contributed by atoms with Crippen LogP contribution in [0, 0.1) is 20.8 Å². The Bertz CT molecular complexity index is 392. The lowest BCUT2D eigenvalue weighted by Gasteiger charge is -2.14. The molecular weight excluding hydrogens is 284 g/mol. The second-order valence-electron chi connectivity index (χ2n) is 4.03. The van der Waals surface area contributed by atoms with E-state index in [4.69, 9.17) is 4.74 Å². The van der Waals surface area contributed by atoms with Crippen LogP contribution in [0.15, 0.2) is 12.1 Å². The van der Waals surface area contributed by atoms with Gasteiger partial charge in [-0.1, -0.05) is 33.6 Å². The molecule has 0 aliphatic rings. The summed E-state index contributed by atoms with van der Waals surface area (Å²) < 4.78 is 10.3. The van der Waals surface area contributed by atoms with Gasteiger partial charge in [0.15, 0.2) is 0 Å². The Kier molecular flexibility index (Phi) is 5.00. The van der Waals surface area contributed by atoms with E-state index >= 15 is 0 Å². The summed E-state index contributed by atoms with van der Waals surface area (Å²) in [5, 5.41) is 0. The van der Waals surface area contributed by atoms with Crippen molar-refractivity contribution in [3.63, 3.8) is 0 Å². The number of carbonyl (C=O) groups excluding carboxylic acids is 1. The number of alkyl halides is 1. The maximum absolute atomic E-state index is 11.2. The minimum absolute atomic E-state index is 0.261.